The van der Waals surface area contributed by atoms with Crippen molar-refractivity contribution in [1.82, 2.24) is 9.80 Å². The van der Waals surface area contributed by atoms with E-state index in [0.717, 1.165) is 51.2 Å². The molecule has 0 aliphatic carbocycles. The van der Waals surface area contributed by atoms with Gasteiger partial charge in [-0.1, -0.05) is 0 Å². The molecule has 3 rings (SSSR count). The molecule has 3 heterocycles. The van der Waals surface area contributed by atoms with Crippen molar-refractivity contribution >= 4 is 5.91 Å². The van der Waals surface area contributed by atoms with Gasteiger partial charge in [-0.2, -0.15) is 0 Å². The molecular formula is C19H30N2O4. The van der Waals surface area contributed by atoms with Gasteiger partial charge in [0.15, 0.2) is 5.76 Å². The van der Waals surface area contributed by atoms with Crippen LogP contribution in [0, 0.1) is 5.41 Å². The third-order valence-corrected chi connectivity index (χ3v) is 5.57. The summed E-state index contributed by atoms with van der Waals surface area (Å²) >= 11 is 0. The molecule has 0 spiro atoms. The van der Waals surface area contributed by atoms with Crippen molar-refractivity contribution in [2.45, 2.75) is 38.6 Å². The number of piperidine rings is 1. The third-order valence-electron chi connectivity index (χ3n) is 5.57. The highest BCUT2D eigenvalue weighted by Gasteiger charge is 2.37. The monoisotopic (exact) mass is 350 g/mol. The maximum absolute atomic E-state index is 12.8. The van der Waals surface area contributed by atoms with Crippen molar-refractivity contribution in [1.29, 1.82) is 0 Å². The Morgan fingerprint density at radius 3 is 2.80 bits per heavy atom. The fourth-order valence-electron chi connectivity index (χ4n) is 4.01. The predicted molar refractivity (Wildman–Crippen MR) is 94.4 cm³/mol. The van der Waals surface area contributed by atoms with Gasteiger partial charge in [0.25, 0.3) is 5.91 Å². The van der Waals surface area contributed by atoms with Gasteiger partial charge >= 0.3 is 0 Å². The molecule has 2 fully saturated rings. The molecule has 0 saturated carbocycles. The lowest BCUT2D eigenvalue weighted by molar-refractivity contribution is 0.00761. The summed E-state index contributed by atoms with van der Waals surface area (Å²) in [6.45, 7) is 4.95. The number of nitrogens with zero attached hydrogens (tertiary/aromatic N) is 2. The van der Waals surface area contributed by atoms with E-state index in [1.165, 1.54) is 12.8 Å². The molecule has 1 atom stereocenters. The molecule has 1 N–H and O–H groups in total. The average Bonchev–Trinajstić information content (AvgIpc) is 3.32. The molecule has 0 bridgehead atoms. The van der Waals surface area contributed by atoms with E-state index >= 15 is 0 Å². The Bertz CT molecular complexity index is 568. The highest BCUT2D eigenvalue weighted by Crippen LogP contribution is 2.34. The Balaban J connectivity index is 1.62. The van der Waals surface area contributed by atoms with Crippen LogP contribution in [0.5, 0.6) is 0 Å². The Morgan fingerprint density at radius 2 is 2.08 bits per heavy atom. The number of carbonyl (C=O) groups excluding carboxylic acids is 1. The van der Waals surface area contributed by atoms with Crippen LogP contribution in [0.3, 0.4) is 0 Å². The van der Waals surface area contributed by atoms with Crippen LogP contribution in [0.2, 0.25) is 0 Å². The van der Waals surface area contributed by atoms with E-state index in [2.05, 4.69) is 4.90 Å². The molecule has 1 aromatic rings. The van der Waals surface area contributed by atoms with Crippen molar-refractivity contribution in [3.8, 4) is 0 Å². The normalized spacial score (nSPS) is 24.8. The smallest absolute Gasteiger partial charge is 0.289 e. The van der Waals surface area contributed by atoms with Gasteiger partial charge in [0.05, 0.1) is 13.2 Å². The number of carbonyl (C=O) groups is 1. The lowest BCUT2D eigenvalue weighted by Crippen LogP contribution is -2.48. The minimum absolute atomic E-state index is 0.0670. The Kier molecular flexibility index (Phi) is 6.15. The zero-order chi connectivity index (χ0) is 17.7. The van der Waals surface area contributed by atoms with Gasteiger partial charge in [-0.05, 0) is 57.3 Å². The van der Waals surface area contributed by atoms with Crippen LogP contribution < -0.4 is 0 Å². The lowest BCUT2D eigenvalue weighted by atomic mass is 9.78. The molecule has 2 aliphatic rings. The standard InChI is InChI=1S/C19H30N2O4/c1-24-12-8-19(15-22)7-4-11-21(14-19)18(23)17-6-5-16(25-17)13-20-9-2-3-10-20/h5-6,22H,2-4,7-15H2,1H3/t19-/m0/s1. The van der Waals surface area contributed by atoms with Gasteiger partial charge in [0.1, 0.15) is 5.76 Å². The first-order valence-corrected chi connectivity index (χ1v) is 9.36. The molecule has 0 radical (unpaired) electrons. The number of rotatable bonds is 7. The van der Waals surface area contributed by atoms with Crippen LogP contribution in [0.15, 0.2) is 16.5 Å². The fraction of sp³-hybridized carbons (Fsp3) is 0.737. The SMILES string of the molecule is COCC[C@@]1(CO)CCCN(C(=O)c2ccc(CN3CCCC3)o2)C1. The van der Waals surface area contributed by atoms with E-state index in [1.54, 1.807) is 13.2 Å². The molecule has 2 aliphatic heterocycles. The van der Waals surface area contributed by atoms with E-state index in [-0.39, 0.29) is 17.9 Å². The highest BCUT2D eigenvalue weighted by molar-refractivity contribution is 5.91. The molecular weight excluding hydrogens is 320 g/mol. The first kappa shape index (κ1) is 18.4. The van der Waals surface area contributed by atoms with E-state index in [4.69, 9.17) is 9.15 Å². The van der Waals surface area contributed by atoms with Gasteiger partial charge in [0.2, 0.25) is 0 Å². The molecule has 1 aromatic heterocycles. The topological polar surface area (TPSA) is 66.2 Å². The number of ether oxygens (including phenoxy) is 1. The minimum atomic E-state index is -0.255. The molecule has 6 heteroatoms. The number of aliphatic hydroxyl groups excluding tert-OH is 1. The maximum Gasteiger partial charge on any atom is 0.289 e. The number of furan rings is 1. The average molecular weight is 350 g/mol. The molecule has 6 nitrogen and oxygen atoms in total. The van der Waals surface area contributed by atoms with Crippen LogP contribution in [-0.4, -0.2) is 67.3 Å². The van der Waals surface area contributed by atoms with Gasteiger partial charge in [-0.25, -0.2) is 0 Å². The van der Waals surface area contributed by atoms with Crippen molar-refractivity contribution in [3.05, 3.63) is 23.7 Å². The molecule has 1 amide bonds. The third kappa shape index (κ3) is 4.43. The van der Waals surface area contributed by atoms with Crippen LogP contribution in [0.4, 0.5) is 0 Å². The second kappa shape index (κ2) is 8.34. The number of likely N-dealkylation sites (tertiary alicyclic amines) is 2. The van der Waals surface area contributed by atoms with E-state index < -0.39 is 0 Å². The first-order valence-electron chi connectivity index (χ1n) is 9.36. The lowest BCUT2D eigenvalue weighted by Gasteiger charge is -2.41. The zero-order valence-corrected chi connectivity index (χ0v) is 15.2. The number of methoxy groups -OCH3 is 1. The summed E-state index contributed by atoms with van der Waals surface area (Å²) < 4.78 is 11.0. The number of hydrogen-bond acceptors (Lipinski definition) is 5. The second-order valence-corrected chi connectivity index (χ2v) is 7.48. The summed E-state index contributed by atoms with van der Waals surface area (Å²) in [6, 6.07) is 3.71. The predicted octanol–water partition coefficient (Wildman–Crippen LogP) is 2.13. The Morgan fingerprint density at radius 1 is 1.28 bits per heavy atom. The molecule has 0 aromatic carbocycles. The van der Waals surface area contributed by atoms with Gasteiger partial charge < -0.3 is 19.2 Å². The van der Waals surface area contributed by atoms with Crippen LogP contribution >= 0.6 is 0 Å². The van der Waals surface area contributed by atoms with E-state index in [1.807, 2.05) is 11.0 Å². The van der Waals surface area contributed by atoms with Gasteiger partial charge in [-0.3, -0.25) is 9.69 Å². The summed E-state index contributed by atoms with van der Waals surface area (Å²) in [6.07, 6.45) is 5.07. The summed E-state index contributed by atoms with van der Waals surface area (Å²) in [5.41, 5.74) is -0.255. The zero-order valence-electron chi connectivity index (χ0n) is 15.2. The summed E-state index contributed by atoms with van der Waals surface area (Å²) in [5.74, 6) is 1.20. The largest absolute Gasteiger partial charge is 0.455 e. The maximum atomic E-state index is 12.8. The van der Waals surface area contributed by atoms with Crippen LogP contribution in [0.1, 0.15) is 48.4 Å². The first-order chi connectivity index (χ1) is 12.2. The van der Waals surface area contributed by atoms with E-state index in [0.29, 0.717) is 18.9 Å². The molecule has 140 valence electrons. The molecule has 25 heavy (non-hydrogen) atoms. The number of aliphatic hydroxyl groups is 1. The molecule has 2 saturated heterocycles. The Hall–Kier alpha value is -1.37. The second-order valence-electron chi connectivity index (χ2n) is 7.48. The van der Waals surface area contributed by atoms with Gasteiger partial charge in [0, 0.05) is 32.2 Å². The van der Waals surface area contributed by atoms with Gasteiger partial charge in [-0.15, -0.1) is 0 Å². The molecule has 0 unspecified atom stereocenters. The van der Waals surface area contributed by atoms with E-state index in [9.17, 15) is 9.90 Å². The van der Waals surface area contributed by atoms with Crippen LogP contribution in [0.25, 0.3) is 0 Å². The van der Waals surface area contributed by atoms with Crippen LogP contribution in [-0.2, 0) is 11.3 Å². The summed E-state index contributed by atoms with van der Waals surface area (Å²) in [7, 11) is 1.67. The minimum Gasteiger partial charge on any atom is -0.455 e. The highest BCUT2D eigenvalue weighted by atomic mass is 16.5. The number of amides is 1. The van der Waals surface area contributed by atoms with Crippen molar-refractivity contribution < 1.29 is 19.1 Å². The van der Waals surface area contributed by atoms with Crippen molar-refractivity contribution in [2.24, 2.45) is 5.41 Å². The Labute approximate surface area is 149 Å². The summed E-state index contributed by atoms with van der Waals surface area (Å²) in [5, 5.41) is 9.88. The number of hydrogen-bond donors (Lipinski definition) is 1. The quantitative estimate of drug-likeness (QED) is 0.816. The van der Waals surface area contributed by atoms with Crippen molar-refractivity contribution in [3.63, 3.8) is 0 Å². The van der Waals surface area contributed by atoms with Crippen molar-refractivity contribution in [2.75, 3.05) is 46.5 Å². The fourth-order valence-corrected chi connectivity index (χ4v) is 4.01. The summed E-state index contributed by atoms with van der Waals surface area (Å²) in [4.78, 5) is 17.0.